The molecule has 0 atom stereocenters. The molecule has 2 aromatic carbocycles. The zero-order valence-electron chi connectivity index (χ0n) is 10.6. The summed E-state index contributed by atoms with van der Waals surface area (Å²) >= 11 is 11.6. The molecule has 4 nitrogen and oxygen atoms in total. The third-order valence-electron chi connectivity index (χ3n) is 2.91. The van der Waals surface area contributed by atoms with E-state index in [1.807, 2.05) is 0 Å². The molecule has 3 N–H and O–H groups in total. The summed E-state index contributed by atoms with van der Waals surface area (Å²) in [6.45, 7) is 0. The van der Waals surface area contributed by atoms with E-state index >= 15 is 0 Å². The highest BCUT2D eigenvalue weighted by Gasteiger charge is 2.10. The van der Waals surface area contributed by atoms with Gasteiger partial charge in [-0.3, -0.25) is 0 Å². The molecular weight excluding hydrogens is 314 g/mol. The van der Waals surface area contributed by atoms with Crippen molar-refractivity contribution in [3.8, 4) is 0 Å². The molecule has 0 amide bonds. The first-order valence-corrected chi connectivity index (χ1v) is 6.72. The van der Waals surface area contributed by atoms with E-state index in [2.05, 4.69) is 15.3 Å². The second-order valence-corrected chi connectivity index (χ2v) is 5.19. The first-order valence-electron chi connectivity index (χ1n) is 5.96. The van der Waals surface area contributed by atoms with E-state index in [9.17, 15) is 4.39 Å². The molecule has 106 valence electrons. The molecule has 7 heteroatoms. The summed E-state index contributed by atoms with van der Waals surface area (Å²) in [5.74, 6) is -0.0945. The Labute approximate surface area is 129 Å². The Morgan fingerprint density at radius 2 is 1.76 bits per heavy atom. The number of fused-ring (bicyclic) bond motifs is 1. The molecule has 0 aliphatic carbocycles. The van der Waals surface area contributed by atoms with Gasteiger partial charge in [-0.15, -0.1) is 0 Å². The van der Waals surface area contributed by atoms with Gasteiger partial charge in [0, 0.05) is 16.8 Å². The number of nitrogens with zero attached hydrogens (tertiary/aromatic N) is 2. The van der Waals surface area contributed by atoms with Gasteiger partial charge in [-0.25, -0.2) is 14.4 Å². The van der Waals surface area contributed by atoms with E-state index in [1.54, 1.807) is 18.2 Å². The van der Waals surface area contributed by atoms with Crippen molar-refractivity contribution in [3.05, 3.63) is 52.5 Å². The van der Waals surface area contributed by atoms with Crippen molar-refractivity contribution in [2.75, 3.05) is 11.1 Å². The van der Waals surface area contributed by atoms with E-state index in [0.717, 1.165) is 5.39 Å². The number of benzene rings is 2. The van der Waals surface area contributed by atoms with Crippen LogP contribution < -0.4 is 11.1 Å². The van der Waals surface area contributed by atoms with Gasteiger partial charge in [0.1, 0.15) is 12.1 Å². The van der Waals surface area contributed by atoms with Crippen molar-refractivity contribution in [2.45, 2.75) is 0 Å². The van der Waals surface area contributed by atoms with Crippen LogP contribution in [0.2, 0.25) is 10.0 Å². The van der Waals surface area contributed by atoms with Crippen LogP contribution >= 0.6 is 23.2 Å². The highest BCUT2D eigenvalue weighted by atomic mass is 35.5. The van der Waals surface area contributed by atoms with Gasteiger partial charge in [0.05, 0.1) is 15.6 Å². The van der Waals surface area contributed by atoms with E-state index in [-0.39, 0.29) is 10.0 Å². The van der Waals surface area contributed by atoms with Crippen LogP contribution in [0.15, 0.2) is 36.7 Å². The van der Waals surface area contributed by atoms with Crippen molar-refractivity contribution in [3.63, 3.8) is 0 Å². The smallest absolute Gasteiger partial charge is 0.160 e. The molecule has 3 rings (SSSR count). The Morgan fingerprint density at radius 1 is 1.05 bits per heavy atom. The van der Waals surface area contributed by atoms with Gasteiger partial charge in [-0.05, 0) is 30.3 Å². The van der Waals surface area contributed by atoms with Gasteiger partial charge in [0.2, 0.25) is 0 Å². The number of aromatic nitrogens is 2. The van der Waals surface area contributed by atoms with Gasteiger partial charge < -0.3 is 11.1 Å². The van der Waals surface area contributed by atoms with Crippen LogP contribution in [0.5, 0.6) is 0 Å². The Kier molecular flexibility index (Phi) is 3.53. The molecular formula is C14H9Cl2FN4. The molecule has 3 aromatic rings. The molecule has 0 radical (unpaired) electrons. The summed E-state index contributed by atoms with van der Waals surface area (Å²) in [5.41, 5.74) is 7.57. The number of anilines is 3. The molecule has 1 heterocycles. The van der Waals surface area contributed by atoms with E-state index < -0.39 is 5.82 Å². The molecule has 0 saturated heterocycles. The first kappa shape index (κ1) is 13.9. The molecule has 0 aliphatic heterocycles. The Morgan fingerprint density at radius 3 is 2.48 bits per heavy atom. The Hall–Kier alpha value is -2.11. The molecule has 0 saturated carbocycles. The van der Waals surface area contributed by atoms with Crippen LogP contribution in [0, 0.1) is 5.82 Å². The summed E-state index contributed by atoms with van der Waals surface area (Å²) in [6.07, 6.45) is 1.41. The van der Waals surface area contributed by atoms with Crippen molar-refractivity contribution in [1.82, 2.24) is 9.97 Å². The van der Waals surface area contributed by atoms with E-state index in [4.69, 9.17) is 28.9 Å². The number of nitrogens with two attached hydrogens (primary N) is 1. The van der Waals surface area contributed by atoms with Crippen molar-refractivity contribution >= 4 is 51.3 Å². The van der Waals surface area contributed by atoms with Crippen LogP contribution in [0.4, 0.5) is 21.6 Å². The SMILES string of the molecule is Nc1ccc2c(Nc3cc(Cl)c(F)c(Cl)c3)ncnc2c1. The lowest BCUT2D eigenvalue weighted by atomic mass is 10.2. The zero-order valence-corrected chi connectivity index (χ0v) is 12.1. The monoisotopic (exact) mass is 322 g/mol. The summed E-state index contributed by atoms with van der Waals surface area (Å²) in [6, 6.07) is 8.18. The quantitative estimate of drug-likeness (QED) is 0.542. The van der Waals surface area contributed by atoms with Gasteiger partial charge >= 0.3 is 0 Å². The van der Waals surface area contributed by atoms with Gasteiger partial charge in [0.15, 0.2) is 5.82 Å². The highest BCUT2D eigenvalue weighted by molar-refractivity contribution is 6.35. The molecule has 0 fully saturated rings. The molecule has 0 unspecified atom stereocenters. The van der Waals surface area contributed by atoms with Crippen LogP contribution in [0.3, 0.4) is 0 Å². The largest absolute Gasteiger partial charge is 0.399 e. The number of halogens is 3. The maximum Gasteiger partial charge on any atom is 0.160 e. The second-order valence-electron chi connectivity index (χ2n) is 4.38. The van der Waals surface area contributed by atoms with Crippen LogP contribution in [0.1, 0.15) is 0 Å². The minimum absolute atomic E-state index is 0.0624. The average molecular weight is 323 g/mol. The minimum atomic E-state index is -0.649. The first-order chi connectivity index (χ1) is 10.0. The van der Waals surface area contributed by atoms with Crippen LogP contribution in [-0.2, 0) is 0 Å². The summed E-state index contributed by atoms with van der Waals surface area (Å²) in [5, 5.41) is 3.70. The lowest BCUT2D eigenvalue weighted by molar-refractivity contribution is 0.629. The van der Waals surface area contributed by atoms with Crippen LogP contribution in [-0.4, -0.2) is 9.97 Å². The lowest BCUT2D eigenvalue weighted by Gasteiger charge is -2.10. The molecule has 21 heavy (non-hydrogen) atoms. The molecule has 0 spiro atoms. The standard InChI is InChI=1S/C14H9Cl2FN4/c15-10-4-8(5-11(16)13(10)17)21-14-9-2-1-7(18)3-12(9)19-6-20-14/h1-6H,18H2,(H,19,20,21). The van der Waals surface area contributed by atoms with Gasteiger partial charge in [0.25, 0.3) is 0 Å². The van der Waals surface area contributed by atoms with Crippen molar-refractivity contribution < 1.29 is 4.39 Å². The van der Waals surface area contributed by atoms with Crippen molar-refractivity contribution in [2.24, 2.45) is 0 Å². The normalized spacial score (nSPS) is 10.8. The fourth-order valence-corrected chi connectivity index (χ4v) is 2.43. The molecule has 1 aromatic heterocycles. The molecule has 0 bridgehead atoms. The van der Waals surface area contributed by atoms with Gasteiger partial charge in [-0.1, -0.05) is 23.2 Å². The van der Waals surface area contributed by atoms with E-state index in [0.29, 0.717) is 22.7 Å². The second kappa shape index (κ2) is 5.35. The third kappa shape index (κ3) is 2.70. The Bertz CT molecular complexity index is 815. The summed E-state index contributed by atoms with van der Waals surface area (Å²) in [7, 11) is 0. The number of rotatable bonds is 2. The number of hydrogen-bond acceptors (Lipinski definition) is 4. The fourth-order valence-electron chi connectivity index (χ4n) is 1.94. The summed E-state index contributed by atoms with van der Waals surface area (Å²) < 4.78 is 13.4. The maximum absolute atomic E-state index is 13.4. The summed E-state index contributed by atoms with van der Waals surface area (Å²) in [4.78, 5) is 8.32. The maximum atomic E-state index is 13.4. The third-order valence-corrected chi connectivity index (χ3v) is 3.46. The average Bonchev–Trinajstić information content (AvgIpc) is 2.44. The minimum Gasteiger partial charge on any atom is -0.399 e. The topological polar surface area (TPSA) is 63.8 Å². The predicted molar refractivity (Wildman–Crippen MR) is 83.7 cm³/mol. The number of nitrogens with one attached hydrogen (secondary N) is 1. The number of hydrogen-bond donors (Lipinski definition) is 2. The number of nitrogen functional groups attached to an aromatic ring is 1. The predicted octanol–water partition coefficient (Wildman–Crippen LogP) is 4.40. The van der Waals surface area contributed by atoms with Crippen LogP contribution in [0.25, 0.3) is 10.9 Å². The van der Waals surface area contributed by atoms with Crippen molar-refractivity contribution in [1.29, 1.82) is 0 Å². The highest BCUT2D eigenvalue weighted by Crippen LogP contribution is 2.30. The zero-order chi connectivity index (χ0) is 15.0. The van der Waals surface area contributed by atoms with Gasteiger partial charge in [-0.2, -0.15) is 0 Å². The lowest BCUT2D eigenvalue weighted by Crippen LogP contribution is -1.97. The Balaban J connectivity index is 2.06. The van der Waals surface area contributed by atoms with E-state index in [1.165, 1.54) is 18.5 Å². The fraction of sp³-hybridized carbons (Fsp3) is 0. The molecule has 0 aliphatic rings.